The summed E-state index contributed by atoms with van der Waals surface area (Å²) in [4.78, 5) is 28.2. The number of aromatic hydroxyl groups is 1. The second kappa shape index (κ2) is 5.73. The highest BCUT2D eigenvalue weighted by atomic mass is 16.5. The molecule has 0 aliphatic carbocycles. The van der Waals surface area contributed by atoms with Gasteiger partial charge in [-0.2, -0.15) is 4.99 Å². The van der Waals surface area contributed by atoms with Crippen LogP contribution in [-0.4, -0.2) is 40.8 Å². The largest absolute Gasteiger partial charge is 0.504 e. The van der Waals surface area contributed by atoms with Crippen LogP contribution >= 0.6 is 0 Å². The van der Waals surface area contributed by atoms with Crippen LogP contribution in [0, 0.1) is 0 Å². The van der Waals surface area contributed by atoms with Gasteiger partial charge in [-0.25, -0.2) is 4.79 Å². The van der Waals surface area contributed by atoms with Gasteiger partial charge in [0.25, 0.3) is 5.91 Å². The van der Waals surface area contributed by atoms with E-state index in [4.69, 9.17) is 4.74 Å². The number of phenolic OH excluding ortho intramolecular Hbond substituents is 1. The summed E-state index contributed by atoms with van der Waals surface area (Å²) in [5.41, 5.74) is 0.648. The predicted molar refractivity (Wildman–Crippen MR) is 73.2 cm³/mol. The highest BCUT2D eigenvalue weighted by Gasteiger charge is 2.32. The van der Waals surface area contributed by atoms with Crippen LogP contribution in [0.4, 0.5) is 4.79 Å². The molecule has 1 aliphatic heterocycles. The first-order valence-electron chi connectivity index (χ1n) is 6.45. The molecule has 1 heterocycles. The topological polar surface area (TPSA) is 79.2 Å². The van der Waals surface area contributed by atoms with Gasteiger partial charge in [0.2, 0.25) is 0 Å². The number of urea groups is 1. The minimum atomic E-state index is -0.548. The fourth-order valence-corrected chi connectivity index (χ4v) is 2.02. The molecule has 1 aliphatic rings. The van der Waals surface area contributed by atoms with Crippen molar-refractivity contribution in [2.45, 2.75) is 20.3 Å². The fraction of sp³-hybridized carbons (Fsp3) is 0.357. The van der Waals surface area contributed by atoms with E-state index in [-0.39, 0.29) is 24.4 Å². The van der Waals surface area contributed by atoms with Crippen molar-refractivity contribution in [2.75, 3.05) is 13.2 Å². The monoisotopic (exact) mass is 276 g/mol. The van der Waals surface area contributed by atoms with Gasteiger partial charge < -0.3 is 9.84 Å². The van der Waals surface area contributed by atoms with Gasteiger partial charge in [-0.05, 0) is 19.9 Å². The maximum atomic E-state index is 11.9. The first-order valence-corrected chi connectivity index (χ1v) is 6.45. The highest BCUT2D eigenvalue weighted by Crippen LogP contribution is 2.30. The molecule has 0 spiro atoms. The molecule has 0 saturated heterocycles. The lowest BCUT2D eigenvalue weighted by atomic mass is 10.1. The lowest BCUT2D eigenvalue weighted by Gasteiger charge is -2.11. The first-order chi connectivity index (χ1) is 9.58. The molecule has 2 rings (SSSR count). The van der Waals surface area contributed by atoms with Crippen LogP contribution in [0.5, 0.6) is 11.5 Å². The predicted octanol–water partition coefficient (Wildman–Crippen LogP) is 1.76. The summed E-state index contributed by atoms with van der Waals surface area (Å²) in [7, 11) is 0. The van der Waals surface area contributed by atoms with Crippen LogP contribution in [0.3, 0.4) is 0 Å². The smallest absolute Gasteiger partial charge is 0.350 e. The summed E-state index contributed by atoms with van der Waals surface area (Å²) in [5, 5.41) is 10.1. The maximum Gasteiger partial charge on any atom is 0.350 e. The maximum absolute atomic E-state index is 11.9. The second-order valence-corrected chi connectivity index (χ2v) is 4.26. The molecule has 6 heteroatoms. The summed E-state index contributed by atoms with van der Waals surface area (Å²) >= 11 is 0. The van der Waals surface area contributed by atoms with Gasteiger partial charge in [-0.3, -0.25) is 9.69 Å². The quantitative estimate of drug-likeness (QED) is 0.888. The Labute approximate surface area is 116 Å². The number of benzene rings is 1. The lowest BCUT2D eigenvalue weighted by Crippen LogP contribution is -2.32. The molecule has 0 unspecified atom stereocenters. The van der Waals surface area contributed by atoms with Gasteiger partial charge in [-0.15, -0.1) is 0 Å². The molecular formula is C14H16N2O4. The SMILES string of the molecule is CCOc1cccc(CC2=NC(=O)N(CC)C2=O)c1O. The van der Waals surface area contributed by atoms with E-state index in [9.17, 15) is 14.7 Å². The molecule has 106 valence electrons. The number of hydrogen-bond acceptors (Lipinski definition) is 4. The van der Waals surface area contributed by atoms with E-state index in [1.807, 2.05) is 6.92 Å². The van der Waals surface area contributed by atoms with Gasteiger partial charge in [0.05, 0.1) is 6.61 Å². The molecule has 6 nitrogen and oxygen atoms in total. The summed E-state index contributed by atoms with van der Waals surface area (Å²) in [6.45, 7) is 4.24. The third-order valence-electron chi connectivity index (χ3n) is 3.01. The highest BCUT2D eigenvalue weighted by molar-refractivity contribution is 6.46. The number of para-hydroxylation sites is 1. The van der Waals surface area contributed by atoms with E-state index in [1.165, 1.54) is 0 Å². The van der Waals surface area contributed by atoms with Crippen molar-refractivity contribution >= 4 is 17.6 Å². The van der Waals surface area contributed by atoms with Crippen LogP contribution in [-0.2, 0) is 11.2 Å². The van der Waals surface area contributed by atoms with Crippen molar-refractivity contribution in [3.63, 3.8) is 0 Å². The number of rotatable bonds is 5. The van der Waals surface area contributed by atoms with E-state index in [2.05, 4.69) is 4.99 Å². The van der Waals surface area contributed by atoms with Crippen molar-refractivity contribution in [2.24, 2.45) is 4.99 Å². The second-order valence-electron chi connectivity index (χ2n) is 4.26. The van der Waals surface area contributed by atoms with E-state index in [0.29, 0.717) is 17.9 Å². The fourth-order valence-electron chi connectivity index (χ4n) is 2.02. The molecule has 0 aromatic heterocycles. The standard InChI is InChI=1S/C14H16N2O4/c1-3-16-13(18)10(15-14(16)19)8-9-6-5-7-11(12(9)17)20-4-2/h5-7,17H,3-4,8H2,1-2H3. The molecule has 3 amide bonds. The summed E-state index contributed by atoms with van der Waals surface area (Å²) in [5.74, 6) is -0.0688. The minimum absolute atomic E-state index is 0.0211. The van der Waals surface area contributed by atoms with Crippen LogP contribution < -0.4 is 4.74 Å². The summed E-state index contributed by atoms with van der Waals surface area (Å²) in [6, 6.07) is 4.49. The number of imide groups is 1. The molecule has 1 aromatic rings. The summed E-state index contributed by atoms with van der Waals surface area (Å²) in [6.07, 6.45) is 0.105. The molecule has 20 heavy (non-hydrogen) atoms. The zero-order valence-electron chi connectivity index (χ0n) is 11.4. The Hall–Kier alpha value is -2.37. The minimum Gasteiger partial charge on any atom is -0.504 e. The Bertz CT molecular complexity index is 581. The number of nitrogens with zero attached hydrogens (tertiary/aromatic N) is 2. The van der Waals surface area contributed by atoms with Gasteiger partial charge in [0, 0.05) is 18.5 Å². The normalized spacial score (nSPS) is 14.7. The zero-order chi connectivity index (χ0) is 14.7. The van der Waals surface area contributed by atoms with Crippen LogP contribution in [0.1, 0.15) is 19.4 Å². The Kier molecular flexibility index (Phi) is 4.02. The molecule has 1 N–H and O–H groups in total. The zero-order valence-corrected chi connectivity index (χ0v) is 11.4. The number of carbonyl (C=O) groups is 2. The number of carbonyl (C=O) groups excluding carboxylic acids is 2. The van der Waals surface area contributed by atoms with E-state index >= 15 is 0 Å². The molecule has 0 bridgehead atoms. The van der Waals surface area contributed by atoms with Crippen molar-refractivity contribution < 1.29 is 19.4 Å². The Morgan fingerprint density at radius 2 is 2.05 bits per heavy atom. The van der Waals surface area contributed by atoms with Crippen LogP contribution in [0.25, 0.3) is 0 Å². The lowest BCUT2D eigenvalue weighted by molar-refractivity contribution is -0.120. The number of hydrogen-bond donors (Lipinski definition) is 1. The Morgan fingerprint density at radius 3 is 2.65 bits per heavy atom. The van der Waals surface area contributed by atoms with Crippen molar-refractivity contribution in [3.8, 4) is 11.5 Å². The van der Waals surface area contributed by atoms with Gasteiger partial charge in [0.15, 0.2) is 11.5 Å². The molecular weight excluding hydrogens is 260 g/mol. The average molecular weight is 276 g/mol. The number of aliphatic imine (C=N–C) groups is 1. The third kappa shape index (κ3) is 2.49. The molecule has 0 saturated carbocycles. The average Bonchev–Trinajstić information content (AvgIpc) is 2.69. The Balaban J connectivity index is 2.23. The number of ether oxygens (including phenoxy) is 1. The van der Waals surface area contributed by atoms with Crippen molar-refractivity contribution in [1.82, 2.24) is 4.90 Å². The summed E-state index contributed by atoms with van der Waals surface area (Å²) < 4.78 is 5.28. The van der Waals surface area contributed by atoms with Gasteiger partial charge in [-0.1, -0.05) is 12.1 Å². The van der Waals surface area contributed by atoms with Crippen molar-refractivity contribution in [3.05, 3.63) is 23.8 Å². The van der Waals surface area contributed by atoms with Gasteiger partial charge >= 0.3 is 6.03 Å². The number of phenols is 1. The van der Waals surface area contributed by atoms with E-state index < -0.39 is 11.9 Å². The first kappa shape index (κ1) is 14.0. The molecule has 0 radical (unpaired) electrons. The van der Waals surface area contributed by atoms with E-state index in [1.54, 1.807) is 25.1 Å². The van der Waals surface area contributed by atoms with E-state index in [0.717, 1.165) is 4.90 Å². The number of amides is 3. The van der Waals surface area contributed by atoms with Crippen LogP contribution in [0.2, 0.25) is 0 Å². The Morgan fingerprint density at radius 1 is 1.30 bits per heavy atom. The van der Waals surface area contributed by atoms with Crippen molar-refractivity contribution in [1.29, 1.82) is 0 Å². The molecule has 0 fully saturated rings. The molecule has 0 atom stereocenters. The van der Waals surface area contributed by atoms with Crippen LogP contribution in [0.15, 0.2) is 23.2 Å². The third-order valence-corrected chi connectivity index (χ3v) is 3.01. The van der Waals surface area contributed by atoms with Gasteiger partial charge in [0.1, 0.15) is 5.71 Å². The molecule has 1 aromatic carbocycles.